The van der Waals surface area contributed by atoms with Crippen molar-refractivity contribution in [1.82, 2.24) is 19.9 Å². The number of ether oxygens (including phenoxy) is 1. The summed E-state index contributed by atoms with van der Waals surface area (Å²) in [5, 5.41) is 0. The smallest absolute Gasteiger partial charge is 0.264 e. The molecule has 9 nitrogen and oxygen atoms in total. The molecule has 10 heteroatoms. The van der Waals surface area contributed by atoms with Gasteiger partial charge >= 0.3 is 0 Å². The molecule has 3 heterocycles. The maximum atomic E-state index is 14.5. The van der Waals surface area contributed by atoms with E-state index in [9.17, 15) is 13.2 Å². The summed E-state index contributed by atoms with van der Waals surface area (Å²) < 4.78 is 36.4. The Morgan fingerprint density at radius 3 is 2.31 bits per heavy atom. The number of fused-ring (bicyclic) bond motifs is 4. The van der Waals surface area contributed by atoms with E-state index in [0.29, 0.717) is 28.9 Å². The topological polar surface area (TPSA) is 114 Å². The third-order valence-corrected chi connectivity index (χ3v) is 12.1. The van der Waals surface area contributed by atoms with Gasteiger partial charge in [-0.3, -0.25) is 9.78 Å². The zero-order valence-electron chi connectivity index (χ0n) is 30.8. The van der Waals surface area contributed by atoms with E-state index in [1.165, 1.54) is 43.4 Å². The Morgan fingerprint density at radius 2 is 1.67 bits per heavy atom. The van der Waals surface area contributed by atoms with Gasteiger partial charge < -0.3 is 9.64 Å². The highest BCUT2D eigenvalue weighted by Gasteiger charge is 2.56. The van der Waals surface area contributed by atoms with Crippen LogP contribution < -0.4 is 9.46 Å². The van der Waals surface area contributed by atoms with Gasteiger partial charge in [0.2, 0.25) is 11.8 Å². The minimum Gasteiger partial charge on any atom is -0.475 e. The lowest BCUT2D eigenvalue weighted by atomic mass is 9.43. The quantitative estimate of drug-likeness (QED) is 0.221. The number of benzene rings is 2. The SMILES string of the molecule is Cc1cccc(C)c1-c1cc2nc(n1)NS(=O)(=O)c1cccc(c1)C(=O)N(Cc1ccc(C3CC4(C3)CC(C)(C)C4)cn1)[C@H](CC(C)(C)C)CO2. The molecule has 1 amide bonds. The molecule has 1 N–H and O–H groups in total. The molecule has 2 saturated carbocycles. The van der Waals surface area contributed by atoms with Crippen molar-refractivity contribution >= 4 is 21.9 Å². The molecule has 1 atom stereocenters. The van der Waals surface area contributed by atoms with Crippen LogP contribution in [-0.4, -0.2) is 46.8 Å². The number of aryl methyl sites for hydroxylation is 2. The lowest BCUT2D eigenvalue weighted by molar-refractivity contribution is -0.0886. The van der Waals surface area contributed by atoms with Crippen molar-refractivity contribution in [3.05, 3.63) is 94.8 Å². The van der Waals surface area contributed by atoms with Crippen molar-refractivity contribution in [3.8, 4) is 17.1 Å². The molecule has 2 aromatic heterocycles. The fourth-order valence-electron chi connectivity index (χ4n) is 8.98. The predicted octanol–water partition coefficient (Wildman–Crippen LogP) is 8.48. The van der Waals surface area contributed by atoms with E-state index in [4.69, 9.17) is 9.72 Å². The molecule has 4 bridgehead atoms. The number of hydrogen-bond donors (Lipinski definition) is 1. The molecule has 268 valence electrons. The molecule has 0 radical (unpaired) electrons. The normalized spacial score (nSPS) is 20.9. The second-order valence-electron chi connectivity index (χ2n) is 17.2. The molecule has 1 spiro atoms. The number of carbonyl (C=O) groups is 1. The standard InChI is InChI=1S/C41H49N5O4S/c1-26-10-8-11-27(2)36(26)34-17-35-44-38(43-34)45-51(48,49)33-13-9-12-28(16-33)37(47)46(32(23-50-35)20-39(3,4)5)22-31-15-14-29(21-42-31)30-18-41(19-30)24-40(6,7)25-41/h8-17,21,30,32H,18-20,22-25H2,1-7H3,(H,43,44,45)/t32-/m1/s1. The largest absolute Gasteiger partial charge is 0.475 e. The van der Waals surface area contributed by atoms with Crippen molar-refractivity contribution in [2.75, 3.05) is 11.3 Å². The van der Waals surface area contributed by atoms with Gasteiger partial charge in [-0.2, -0.15) is 4.98 Å². The van der Waals surface area contributed by atoms with E-state index >= 15 is 0 Å². The minimum atomic E-state index is -4.16. The van der Waals surface area contributed by atoms with Gasteiger partial charge in [-0.25, -0.2) is 18.1 Å². The first-order valence-corrected chi connectivity index (χ1v) is 19.4. The van der Waals surface area contributed by atoms with E-state index in [0.717, 1.165) is 22.4 Å². The van der Waals surface area contributed by atoms with E-state index in [1.807, 2.05) is 44.3 Å². The lowest BCUT2D eigenvalue weighted by Crippen LogP contribution is -2.50. The Hall–Kier alpha value is -4.31. The van der Waals surface area contributed by atoms with Crippen LogP contribution in [0.3, 0.4) is 0 Å². The first kappa shape index (κ1) is 35.1. The van der Waals surface area contributed by atoms with Crippen molar-refractivity contribution in [1.29, 1.82) is 0 Å². The molecule has 0 unspecified atom stereocenters. The average molecular weight is 708 g/mol. The first-order chi connectivity index (χ1) is 24.0. The molecule has 7 rings (SSSR count). The van der Waals surface area contributed by atoms with Crippen LogP contribution in [0.15, 0.2) is 71.8 Å². The van der Waals surface area contributed by atoms with Crippen molar-refractivity contribution in [3.63, 3.8) is 0 Å². The molecule has 2 aromatic carbocycles. The van der Waals surface area contributed by atoms with E-state index in [1.54, 1.807) is 23.1 Å². The highest BCUT2D eigenvalue weighted by atomic mass is 32.2. The van der Waals surface area contributed by atoms with Crippen molar-refractivity contribution in [2.45, 2.75) is 104 Å². The van der Waals surface area contributed by atoms with Gasteiger partial charge in [-0.1, -0.05) is 65.0 Å². The van der Waals surface area contributed by atoms with Gasteiger partial charge in [0, 0.05) is 23.4 Å². The average Bonchev–Trinajstić information content (AvgIpc) is 3.02. The van der Waals surface area contributed by atoms with Gasteiger partial charge in [0.25, 0.3) is 15.9 Å². The Morgan fingerprint density at radius 1 is 0.961 bits per heavy atom. The van der Waals surface area contributed by atoms with E-state index in [-0.39, 0.29) is 52.8 Å². The Bertz CT molecular complexity index is 2050. The maximum Gasteiger partial charge on any atom is 0.264 e. The third kappa shape index (κ3) is 7.38. The zero-order chi connectivity index (χ0) is 36.3. The number of pyridine rings is 1. The number of amides is 1. The molecule has 4 aromatic rings. The molecular weight excluding hydrogens is 659 g/mol. The summed E-state index contributed by atoms with van der Waals surface area (Å²) in [6.45, 7) is 15.5. The fourth-order valence-corrected chi connectivity index (χ4v) is 9.97. The third-order valence-electron chi connectivity index (χ3n) is 10.7. The van der Waals surface area contributed by atoms with Crippen molar-refractivity contribution in [2.24, 2.45) is 16.2 Å². The zero-order valence-corrected chi connectivity index (χ0v) is 31.6. The van der Waals surface area contributed by atoms with Gasteiger partial charge in [-0.15, -0.1) is 0 Å². The fraction of sp³-hybridized carbons (Fsp3) is 0.463. The Labute approximate surface area is 302 Å². The van der Waals surface area contributed by atoms with Crippen LogP contribution in [-0.2, 0) is 16.6 Å². The van der Waals surface area contributed by atoms with Gasteiger partial charge in [0.15, 0.2) is 0 Å². The van der Waals surface area contributed by atoms with Gasteiger partial charge in [-0.05, 0) is 109 Å². The summed E-state index contributed by atoms with van der Waals surface area (Å²) in [7, 11) is -4.16. The van der Waals surface area contributed by atoms with E-state index in [2.05, 4.69) is 55.4 Å². The highest BCUT2D eigenvalue weighted by molar-refractivity contribution is 7.92. The molecule has 2 fully saturated rings. The molecule has 51 heavy (non-hydrogen) atoms. The number of nitrogens with one attached hydrogen (secondary N) is 1. The summed E-state index contributed by atoms with van der Waals surface area (Å²) >= 11 is 0. The van der Waals surface area contributed by atoms with Crippen LogP contribution in [0.4, 0.5) is 5.95 Å². The summed E-state index contributed by atoms with van der Waals surface area (Å²) in [4.78, 5) is 30.3. The Balaban J connectivity index is 1.25. The number of anilines is 1. The molecule has 3 aliphatic rings. The number of aromatic nitrogens is 3. The monoisotopic (exact) mass is 707 g/mol. The number of carbonyl (C=O) groups excluding carboxylic acids is 1. The van der Waals surface area contributed by atoms with Crippen LogP contribution in [0.25, 0.3) is 11.3 Å². The van der Waals surface area contributed by atoms with E-state index < -0.39 is 10.0 Å². The van der Waals surface area contributed by atoms with Gasteiger partial charge in [0.1, 0.15) is 6.61 Å². The second kappa shape index (κ2) is 12.7. The summed E-state index contributed by atoms with van der Waals surface area (Å²) in [6, 6.07) is 17.7. The van der Waals surface area contributed by atoms with Crippen LogP contribution >= 0.6 is 0 Å². The lowest BCUT2D eigenvalue weighted by Gasteiger charge is -2.62. The number of hydrogen-bond acceptors (Lipinski definition) is 7. The van der Waals surface area contributed by atoms with Crippen molar-refractivity contribution < 1.29 is 17.9 Å². The van der Waals surface area contributed by atoms with Crippen LogP contribution in [0, 0.1) is 30.1 Å². The van der Waals surface area contributed by atoms with Crippen LogP contribution in [0.5, 0.6) is 5.88 Å². The number of sulfonamides is 1. The predicted molar refractivity (Wildman–Crippen MR) is 199 cm³/mol. The second-order valence-corrected chi connectivity index (χ2v) is 18.9. The van der Waals surface area contributed by atoms with Crippen LogP contribution in [0.2, 0.25) is 0 Å². The van der Waals surface area contributed by atoms with Crippen LogP contribution in [0.1, 0.15) is 105 Å². The first-order valence-electron chi connectivity index (χ1n) is 18.0. The molecule has 2 aliphatic carbocycles. The number of rotatable bonds is 5. The summed E-state index contributed by atoms with van der Waals surface area (Å²) in [6.07, 6.45) is 7.65. The van der Waals surface area contributed by atoms with Gasteiger partial charge in [0.05, 0.1) is 28.9 Å². The number of nitrogens with zero attached hydrogens (tertiary/aromatic N) is 4. The maximum absolute atomic E-state index is 14.5. The summed E-state index contributed by atoms with van der Waals surface area (Å²) in [5.41, 5.74) is 6.49. The molecule has 1 aliphatic heterocycles. The molecule has 0 saturated heterocycles. The summed E-state index contributed by atoms with van der Waals surface area (Å²) in [5.74, 6) is 0.347. The Kier molecular flexibility index (Phi) is 8.76. The molecular formula is C41H49N5O4S. The minimum absolute atomic E-state index is 0.0564. The highest BCUT2D eigenvalue weighted by Crippen LogP contribution is 2.68.